The molecule has 2 heterocycles. The fourth-order valence-electron chi connectivity index (χ4n) is 3.15. The zero-order chi connectivity index (χ0) is 14.7. The van der Waals surface area contributed by atoms with Crippen molar-refractivity contribution in [2.75, 3.05) is 37.6 Å². The van der Waals surface area contributed by atoms with Crippen LogP contribution in [0.2, 0.25) is 0 Å². The van der Waals surface area contributed by atoms with Gasteiger partial charge in [0.15, 0.2) is 11.1 Å². The van der Waals surface area contributed by atoms with Gasteiger partial charge in [-0.15, -0.1) is 11.3 Å². The van der Waals surface area contributed by atoms with Crippen LogP contribution in [0.15, 0.2) is 16.6 Å². The van der Waals surface area contributed by atoms with Crippen LogP contribution in [-0.2, 0) is 0 Å². The number of aromatic nitrogens is 1. The second kappa shape index (κ2) is 6.22. The van der Waals surface area contributed by atoms with Crippen LogP contribution in [0.25, 0.3) is 0 Å². The highest BCUT2D eigenvalue weighted by Crippen LogP contribution is 2.43. The maximum atomic E-state index is 6.20. The minimum atomic E-state index is 0.452. The number of hydrogen-bond acceptors (Lipinski definition) is 4. The molecule has 1 saturated carbocycles. The first kappa shape index (κ1) is 14.6. The molecule has 2 aliphatic rings. The van der Waals surface area contributed by atoms with Crippen molar-refractivity contribution in [1.82, 2.24) is 9.88 Å². The molecule has 2 fully saturated rings. The quantitative estimate of drug-likeness (QED) is 0.684. The number of thiazole rings is 1. The van der Waals surface area contributed by atoms with Crippen molar-refractivity contribution >= 4 is 22.4 Å². The highest BCUT2D eigenvalue weighted by Gasteiger charge is 2.35. The lowest BCUT2D eigenvalue weighted by molar-refractivity contribution is 0.138. The first-order valence-corrected chi connectivity index (χ1v) is 8.80. The van der Waals surface area contributed by atoms with Gasteiger partial charge in [-0.3, -0.25) is 4.99 Å². The zero-order valence-corrected chi connectivity index (χ0v) is 13.6. The summed E-state index contributed by atoms with van der Waals surface area (Å²) in [5, 5.41) is 3.14. The maximum absolute atomic E-state index is 6.20. The lowest BCUT2D eigenvalue weighted by Gasteiger charge is -2.40. The highest BCUT2D eigenvalue weighted by atomic mass is 32.1. The molecule has 1 aliphatic heterocycles. The molecule has 0 spiro atoms. The molecule has 0 atom stereocenters. The summed E-state index contributed by atoms with van der Waals surface area (Å²) >= 11 is 1.70. The van der Waals surface area contributed by atoms with E-state index in [0.717, 1.165) is 43.8 Å². The van der Waals surface area contributed by atoms with Crippen LogP contribution in [-0.4, -0.2) is 48.6 Å². The normalized spacial score (nSPS) is 22.2. The Balaban J connectivity index is 1.51. The van der Waals surface area contributed by atoms with E-state index in [9.17, 15) is 0 Å². The molecule has 5 nitrogen and oxygen atoms in total. The lowest BCUT2D eigenvalue weighted by Crippen LogP contribution is -2.51. The topological polar surface area (TPSA) is 57.8 Å². The van der Waals surface area contributed by atoms with E-state index >= 15 is 0 Å². The standard InChI is InChI=1S/C15H25N5S/c1-2-15(4-3-5-15)12-18-13(16)19-7-9-20(10-8-19)14-17-6-11-21-14/h6,11H,2-5,7-10,12H2,1H3,(H2,16,18). The number of rotatable bonds is 4. The molecule has 3 rings (SSSR count). The maximum Gasteiger partial charge on any atom is 0.191 e. The van der Waals surface area contributed by atoms with E-state index in [1.165, 1.54) is 25.7 Å². The van der Waals surface area contributed by atoms with Gasteiger partial charge in [0.2, 0.25) is 0 Å². The van der Waals surface area contributed by atoms with Crippen molar-refractivity contribution in [2.45, 2.75) is 32.6 Å². The molecule has 1 aromatic rings. The van der Waals surface area contributed by atoms with E-state index in [0.29, 0.717) is 5.41 Å². The van der Waals surface area contributed by atoms with Crippen LogP contribution in [0.1, 0.15) is 32.6 Å². The second-order valence-corrected chi connectivity index (χ2v) is 7.04. The first-order valence-electron chi connectivity index (χ1n) is 7.92. The molecule has 1 aromatic heterocycles. The SMILES string of the molecule is CCC1(CN=C(N)N2CCN(c3nccs3)CC2)CCC1. The Morgan fingerprint density at radius 2 is 2.14 bits per heavy atom. The molecule has 0 unspecified atom stereocenters. The predicted octanol–water partition coefficient (Wildman–Crippen LogP) is 2.16. The van der Waals surface area contributed by atoms with Crippen LogP contribution < -0.4 is 10.6 Å². The van der Waals surface area contributed by atoms with E-state index in [-0.39, 0.29) is 0 Å². The van der Waals surface area contributed by atoms with Crippen LogP contribution in [0.4, 0.5) is 5.13 Å². The third kappa shape index (κ3) is 3.15. The molecule has 0 aromatic carbocycles. The van der Waals surface area contributed by atoms with E-state index in [1.807, 2.05) is 11.6 Å². The summed E-state index contributed by atoms with van der Waals surface area (Å²) in [5.41, 5.74) is 6.65. The Morgan fingerprint density at radius 1 is 1.38 bits per heavy atom. The molecular weight excluding hydrogens is 282 g/mol. The monoisotopic (exact) mass is 307 g/mol. The van der Waals surface area contributed by atoms with Crippen LogP contribution >= 0.6 is 11.3 Å². The van der Waals surface area contributed by atoms with Gasteiger partial charge in [0, 0.05) is 44.3 Å². The lowest BCUT2D eigenvalue weighted by atomic mass is 9.67. The van der Waals surface area contributed by atoms with Crippen molar-refractivity contribution in [3.8, 4) is 0 Å². The van der Waals surface area contributed by atoms with Crippen molar-refractivity contribution in [2.24, 2.45) is 16.1 Å². The molecule has 1 saturated heterocycles. The minimum absolute atomic E-state index is 0.452. The van der Waals surface area contributed by atoms with Gasteiger partial charge in [0.25, 0.3) is 0 Å². The molecule has 2 N–H and O–H groups in total. The van der Waals surface area contributed by atoms with Crippen LogP contribution in [0.5, 0.6) is 0 Å². The van der Waals surface area contributed by atoms with Gasteiger partial charge < -0.3 is 15.5 Å². The largest absolute Gasteiger partial charge is 0.370 e. The van der Waals surface area contributed by atoms with Crippen molar-refractivity contribution < 1.29 is 0 Å². The third-order valence-electron chi connectivity index (χ3n) is 5.03. The number of anilines is 1. The van der Waals surface area contributed by atoms with Gasteiger partial charge in [-0.2, -0.15) is 0 Å². The van der Waals surface area contributed by atoms with Crippen molar-refractivity contribution in [1.29, 1.82) is 0 Å². The van der Waals surface area contributed by atoms with Gasteiger partial charge >= 0.3 is 0 Å². The summed E-state index contributed by atoms with van der Waals surface area (Å²) in [6.45, 7) is 7.01. The first-order chi connectivity index (χ1) is 10.2. The number of hydrogen-bond donors (Lipinski definition) is 1. The molecule has 0 amide bonds. The Kier molecular flexibility index (Phi) is 4.33. The number of nitrogens with two attached hydrogens (primary N) is 1. The number of guanidine groups is 1. The fraction of sp³-hybridized carbons (Fsp3) is 0.733. The average molecular weight is 307 g/mol. The number of nitrogens with zero attached hydrogens (tertiary/aromatic N) is 4. The predicted molar refractivity (Wildman–Crippen MR) is 89.0 cm³/mol. The number of piperazine rings is 1. The average Bonchev–Trinajstić information content (AvgIpc) is 3.01. The number of aliphatic imine (C=N–C) groups is 1. The Hall–Kier alpha value is -1.30. The molecule has 6 heteroatoms. The van der Waals surface area contributed by atoms with Crippen LogP contribution in [0.3, 0.4) is 0 Å². The zero-order valence-electron chi connectivity index (χ0n) is 12.8. The van der Waals surface area contributed by atoms with Crippen LogP contribution in [0, 0.1) is 5.41 Å². The molecule has 116 valence electrons. The molecular formula is C15H25N5S. The van der Waals surface area contributed by atoms with Crippen molar-refractivity contribution in [3.05, 3.63) is 11.6 Å². The van der Waals surface area contributed by atoms with E-state index in [1.54, 1.807) is 11.3 Å². The van der Waals surface area contributed by atoms with Crippen molar-refractivity contribution in [3.63, 3.8) is 0 Å². The summed E-state index contributed by atoms with van der Waals surface area (Å²) in [4.78, 5) is 13.6. The van der Waals surface area contributed by atoms with Gasteiger partial charge in [0.05, 0.1) is 0 Å². The Bertz CT molecular complexity index is 467. The van der Waals surface area contributed by atoms with E-state index in [2.05, 4.69) is 26.7 Å². The van der Waals surface area contributed by atoms with E-state index in [4.69, 9.17) is 5.73 Å². The Morgan fingerprint density at radius 3 is 2.67 bits per heavy atom. The summed E-state index contributed by atoms with van der Waals surface area (Å²) in [7, 11) is 0. The third-order valence-corrected chi connectivity index (χ3v) is 5.87. The molecule has 0 radical (unpaired) electrons. The Labute approximate surface area is 130 Å². The van der Waals surface area contributed by atoms with Gasteiger partial charge in [-0.1, -0.05) is 13.3 Å². The van der Waals surface area contributed by atoms with Gasteiger partial charge in [-0.25, -0.2) is 4.98 Å². The van der Waals surface area contributed by atoms with Gasteiger partial charge in [-0.05, 0) is 24.7 Å². The summed E-state index contributed by atoms with van der Waals surface area (Å²) in [6, 6.07) is 0. The fourth-order valence-corrected chi connectivity index (χ4v) is 3.84. The summed E-state index contributed by atoms with van der Waals surface area (Å²) in [5.74, 6) is 0.730. The second-order valence-electron chi connectivity index (χ2n) is 6.17. The summed E-state index contributed by atoms with van der Waals surface area (Å²) < 4.78 is 0. The molecule has 0 bridgehead atoms. The highest BCUT2D eigenvalue weighted by molar-refractivity contribution is 7.13. The summed E-state index contributed by atoms with van der Waals surface area (Å²) in [6.07, 6.45) is 7.08. The molecule has 21 heavy (non-hydrogen) atoms. The minimum Gasteiger partial charge on any atom is -0.370 e. The molecule has 1 aliphatic carbocycles. The smallest absolute Gasteiger partial charge is 0.191 e. The van der Waals surface area contributed by atoms with E-state index < -0.39 is 0 Å². The van der Waals surface area contributed by atoms with Gasteiger partial charge in [0.1, 0.15) is 0 Å².